The molecule has 17 heavy (non-hydrogen) atoms. The standard InChI is InChI=1S/C13H18N2O2/c1-3-8-15-10-11-5-4-6-12(16-2)13(11)17-9-7-14/h4-6,15H,3,8-10H2,1-2H3. The van der Waals surface area contributed by atoms with Crippen LogP contribution in [0.15, 0.2) is 18.2 Å². The van der Waals surface area contributed by atoms with Crippen LogP contribution in [0, 0.1) is 11.3 Å². The number of ether oxygens (including phenoxy) is 2. The van der Waals surface area contributed by atoms with Gasteiger partial charge in [-0.05, 0) is 19.0 Å². The van der Waals surface area contributed by atoms with Crippen LogP contribution in [-0.2, 0) is 6.54 Å². The van der Waals surface area contributed by atoms with Crippen molar-refractivity contribution < 1.29 is 9.47 Å². The number of nitrogens with zero attached hydrogens (tertiary/aromatic N) is 1. The van der Waals surface area contributed by atoms with Gasteiger partial charge in [-0.25, -0.2) is 0 Å². The number of hydrogen-bond donors (Lipinski definition) is 1. The molecule has 1 aromatic rings. The molecular formula is C13H18N2O2. The summed E-state index contributed by atoms with van der Waals surface area (Å²) in [5, 5.41) is 11.9. The first-order valence-corrected chi connectivity index (χ1v) is 5.69. The number of benzene rings is 1. The summed E-state index contributed by atoms with van der Waals surface area (Å²) in [5.41, 5.74) is 1.01. The van der Waals surface area contributed by atoms with Gasteiger partial charge in [0, 0.05) is 12.1 Å². The third kappa shape index (κ3) is 3.97. The van der Waals surface area contributed by atoms with Gasteiger partial charge in [0.2, 0.25) is 0 Å². The average Bonchev–Trinajstić information content (AvgIpc) is 2.37. The van der Waals surface area contributed by atoms with Crippen molar-refractivity contribution in [1.82, 2.24) is 5.32 Å². The average molecular weight is 234 g/mol. The zero-order valence-electron chi connectivity index (χ0n) is 10.3. The highest BCUT2D eigenvalue weighted by Crippen LogP contribution is 2.30. The molecule has 0 aliphatic rings. The molecule has 0 amide bonds. The molecule has 1 rings (SSSR count). The first-order valence-electron chi connectivity index (χ1n) is 5.69. The van der Waals surface area contributed by atoms with E-state index in [4.69, 9.17) is 14.7 Å². The molecule has 1 N–H and O–H groups in total. The Morgan fingerprint density at radius 1 is 1.41 bits per heavy atom. The predicted molar refractivity (Wildman–Crippen MR) is 66.1 cm³/mol. The van der Waals surface area contributed by atoms with Crippen molar-refractivity contribution in [3.63, 3.8) is 0 Å². The number of para-hydroxylation sites is 1. The molecule has 0 aliphatic heterocycles. The SMILES string of the molecule is CCCNCc1cccc(OC)c1OCC#N. The van der Waals surface area contributed by atoms with Crippen molar-refractivity contribution in [1.29, 1.82) is 5.26 Å². The minimum Gasteiger partial charge on any atom is -0.493 e. The third-order valence-corrected chi connectivity index (χ3v) is 2.30. The Kier molecular flexibility index (Phi) is 5.91. The molecule has 0 radical (unpaired) electrons. The number of rotatable bonds is 7. The van der Waals surface area contributed by atoms with E-state index in [1.807, 2.05) is 24.3 Å². The second-order valence-corrected chi connectivity index (χ2v) is 3.57. The van der Waals surface area contributed by atoms with E-state index >= 15 is 0 Å². The Bertz CT molecular complexity index is 385. The van der Waals surface area contributed by atoms with Gasteiger partial charge in [0.05, 0.1) is 7.11 Å². The molecule has 0 saturated heterocycles. The second-order valence-electron chi connectivity index (χ2n) is 3.57. The molecule has 92 valence electrons. The maximum atomic E-state index is 8.56. The monoisotopic (exact) mass is 234 g/mol. The first-order chi connectivity index (χ1) is 8.33. The highest BCUT2D eigenvalue weighted by atomic mass is 16.5. The molecule has 4 heteroatoms. The van der Waals surface area contributed by atoms with Gasteiger partial charge < -0.3 is 14.8 Å². The van der Waals surface area contributed by atoms with Gasteiger partial charge >= 0.3 is 0 Å². The van der Waals surface area contributed by atoms with Crippen LogP contribution in [0.3, 0.4) is 0 Å². The number of hydrogen-bond acceptors (Lipinski definition) is 4. The van der Waals surface area contributed by atoms with E-state index in [1.165, 1.54) is 0 Å². The summed E-state index contributed by atoms with van der Waals surface area (Å²) in [6.07, 6.45) is 1.08. The first kappa shape index (κ1) is 13.3. The largest absolute Gasteiger partial charge is 0.493 e. The summed E-state index contributed by atoms with van der Waals surface area (Å²) in [7, 11) is 1.60. The lowest BCUT2D eigenvalue weighted by molar-refractivity contribution is 0.325. The van der Waals surface area contributed by atoms with Crippen molar-refractivity contribution in [3.05, 3.63) is 23.8 Å². The van der Waals surface area contributed by atoms with Crippen molar-refractivity contribution in [3.8, 4) is 17.6 Å². The Morgan fingerprint density at radius 3 is 2.88 bits per heavy atom. The summed E-state index contributed by atoms with van der Waals surface area (Å²) in [6, 6.07) is 7.68. The van der Waals surface area contributed by atoms with Crippen molar-refractivity contribution in [2.24, 2.45) is 0 Å². The maximum absolute atomic E-state index is 8.56. The molecule has 0 saturated carbocycles. The van der Waals surface area contributed by atoms with Crippen LogP contribution in [-0.4, -0.2) is 20.3 Å². The van der Waals surface area contributed by atoms with E-state index in [-0.39, 0.29) is 6.61 Å². The topological polar surface area (TPSA) is 54.3 Å². The zero-order valence-corrected chi connectivity index (χ0v) is 10.3. The van der Waals surface area contributed by atoms with Gasteiger partial charge in [-0.15, -0.1) is 0 Å². The fourth-order valence-electron chi connectivity index (χ4n) is 1.53. The van der Waals surface area contributed by atoms with Crippen molar-refractivity contribution >= 4 is 0 Å². The molecule has 0 heterocycles. The molecule has 0 unspecified atom stereocenters. The van der Waals surface area contributed by atoms with Crippen LogP contribution < -0.4 is 14.8 Å². The summed E-state index contributed by atoms with van der Waals surface area (Å²) >= 11 is 0. The predicted octanol–water partition coefficient (Wildman–Crippen LogP) is 2.10. The molecule has 0 fully saturated rings. The van der Waals surface area contributed by atoms with Crippen LogP contribution >= 0.6 is 0 Å². The van der Waals surface area contributed by atoms with Crippen LogP contribution in [0.1, 0.15) is 18.9 Å². The van der Waals surface area contributed by atoms with Gasteiger partial charge in [-0.3, -0.25) is 0 Å². The summed E-state index contributed by atoms with van der Waals surface area (Å²) in [4.78, 5) is 0. The van der Waals surface area contributed by atoms with E-state index in [9.17, 15) is 0 Å². The molecule has 0 bridgehead atoms. The molecular weight excluding hydrogens is 216 g/mol. The third-order valence-electron chi connectivity index (χ3n) is 2.30. The summed E-state index contributed by atoms with van der Waals surface area (Å²) < 4.78 is 10.6. The number of nitriles is 1. The zero-order chi connectivity index (χ0) is 12.5. The van der Waals surface area contributed by atoms with Gasteiger partial charge in [-0.1, -0.05) is 19.1 Å². The normalized spacial score (nSPS) is 9.71. The minimum atomic E-state index is 0.0289. The van der Waals surface area contributed by atoms with Crippen LogP contribution in [0.5, 0.6) is 11.5 Å². The van der Waals surface area contributed by atoms with E-state index in [0.29, 0.717) is 18.0 Å². The molecule has 4 nitrogen and oxygen atoms in total. The Balaban J connectivity index is 2.82. The molecule has 0 spiro atoms. The van der Waals surface area contributed by atoms with E-state index in [0.717, 1.165) is 18.5 Å². The van der Waals surface area contributed by atoms with Gasteiger partial charge in [-0.2, -0.15) is 5.26 Å². The smallest absolute Gasteiger partial charge is 0.174 e. The highest BCUT2D eigenvalue weighted by Gasteiger charge is 2.09. The lowest BCUT2D eigenvalue weighted by atomic mass is 10.2. The van der Waals surface area contributed by atoms with Gasteiger partial charge in [0.25, 0.3) is 0 Å². The van der Waals surface area contributed by atoms with E-state index in [1.54, 1.807) is 7.11 Å². The quantitative estimate of drug-likeness (QED) is 0.734. The minimum absolute atomic E-state index is 0.0289. The Morgan fingerprint density at radius 2 is 2.24 bits per heavy atom. The summed E-state index contributed by atoms with van der Waals surface area (Å²) in [6.45, 7) is 3.81. The van der Waals surface area contributed by atoms with Crippen LogP contribution in [0.4, 0.5) is 0 Å². The molecule has 0 aromatic heterocycles. The fourth-order valence-corrected chi connectivity index (χ4v) is 1.53. The Hall–Kier alpha value is -1.73. The fraction of sp³-hybridized carbons (Fsp3) is 0.462. The molecule has 0 atom stereocenters. The maximum Gasteiger partial charge on any atom is 0.174 e. The lowest BCUT2D eigenvalue weighted by Gasteiger charge is -2.13. The van der Waals surface area contributed by atoms with Crippen molar-refractivity contribution in [2.45, 2.75) is 19.9 Å². The van der Waals surface area contributed by atoms with Crippen molar-refractivity contribution in [2.75, 3.05) is 20.3 Å². The van der Waals surface area contributed by atoms with E-state index < -0.39 is 0 Å². The van der Waals surface area contributed by atoms with Crippen LogP contribution in [0.2, 0.25) is 0 Å². The summed E-state index contributed by atoms with van der Waals surface area (Å²) in [5.74, 6) is 1.32. The van der Waals surface area contributed by atoms with Gasteiger partial charge in [0.1, 0.15) is 6.07 Å². The second kappa shape index (κ2) is 7.53. The highest BCUT2D eigenvalue weighted by molar-refractivity contribution is 5.46. The molecule has 1 aromatic carbocycles. The Labute approximate surface area is 102 Å². The van der Waals surface area contributed by atoms with Crippen LogP contribution in [0.25, 0.3) is 0 Å². The number of nitrogens with one attached hydrogen (secondary N) is 1. The lowest BCUT2D eigenvalue weighted by Crippen LogP contribution is -2.15. The van der Waals surface area contributed by atoms with E-state index in [2.05, 4.69) is 12.2 Å². The molecule has 0 aliphatic carbocycles. The number of methoxy groups -OCH3 is 1. The van der Waals surface area contributed by atoms with Gasteiger partial charge in [0.15, 0.2) is 18.1 Å².